The third-order valence-corrected chi connectivity index (χ3v) is 2.21. The van der Waals surface area contributed by atoms with Crippen LogP contribution in [0.2, 0.25) is 0 Å². The average Bonchev–Trinajstić information content (AvgIpc) is 2.58. The first-order valence-electron chi connectivity index (χ1n) is 5.25. The highest BCUT2D eigenvalue weighted by Crippen LogP contribution is 2.03. The average molecular weight is 209 g/mol. The maximum Gasteiger partial charge on any atom is 0.219 e. The van der Waals surface area contributed by atoms with E-state index in [1.807, 2.05) is 12.3 Å². The maximum absolute atomic E-state index is 10.7. The summed E-state index contributed by atoms with van der Waals surface area (Å²) in [5.41, 5.74) is 6.30. The summed E-state index contributed by atoms with van der Waals surface area (Å²) in [7, 11) is 0. The van der Waals surface area contributed by atoms with Crippen molar-refractivity contribution in [2.75, 3.05) is 0 Å². The summed E-state index contributed by atoms with van der Waals surface area (Å²) in [6.07, 6.45) is 2.36. The van der Waals surface area contributed by atoms with Crippen LogP contribution in [0.3, 0.4) is 0 Å². The molecule has 1 aromatic heterocycles. The van der Waals surface area contributed by atoms with Crippen molar-refractivity contribution in [3.05, 3.63) is 24.0 Å². The summed E-state index contributed by atoms with van der Waals surface area (Å²) >= 11 is 0. The van der Waals surface area contributed by atoms with Gasteiger partial charge in [0, 0.05) is 37.4 Å². The Balaban J connectivity index is 2.49. The zero-order valence-electron chi connectivity index (χ0n) is 9.36. The second-order valence-corrected chi connectivity index (χ2v) is 3.94. The molecule has 0 spiro atoms. The van der Waals surface area contributed by atoms with Crippen LogP contribution >= 0.6 is 0 Å². The standard InChI is InChI=1S/C11H19N3O/c1-9(2)13-8-10-4-3-6-14(10)7-5-11(12)15/h3-4,6,9,13H,5,7-8H2,1-2H3,(H2,12,15). The van der Waals surface area contributed by atoms with Crippen LogP contribution in [0.5, 0.6) is 0 Å². The van der Waals surface area contributed by atoms with E-state index in [0.717, 1.165) is 6.54 Å². The second kappa shape index (κ2) is 5.56. The Hall–Kier alpha value is -1.29. The number of nitrogens with one attached hydrogen (secondary N) is 1. The van der Waals surface area contributed by atoms with Crippen molar-refractivity contribution in [2.45, 2.75) is 39.4 Å². The predicted molar refractivity (Wildman–Crippen MR) is 60.2 cm³/mol. The zero-order chi connectivity index (χ0) is 11.3. The molecule has 4 heteroatoms. The van der Waals surface area contributed by atoms with Crippen LogP contribution in [0.4, 0.5) is 0 Å². The number of aromatic nitrogens is 1. The normalized spacial score (nSPS) is 10.9. The minimum Gasteiger partial charge on any atom is -0.370 e. The van der Waals surface area contributed by atoms with E-state index in [2.05, 4.69) is 29.8 Å². The minimum atomic E-state index is -0.258. The van der Waals surface area contributed by atoms with Crippen molar-refractivity contribution in [3.8, 4) is 0 Å². The van der Waals surface area contributed by atoms with Gasteiger partial charge >= 0.3 is 0 Å². The van der Waals surface area contributed by atoms with E-state index in [4.69, 9.17) is 5.73 Å². The summed E-state index contributed by atoms with van der Waals surface area (Å²) in [6.45, 7) is 5.70. The van der Waals surface area contributed by atoms with Gasteiger partial charge in [-0.1, -0.05) is 13.8 Å². The molecule has 0 aliphatic carbocycles. The number of carbonyl (C=O) groups is 1. The van der Waals surface area contributed by atoms with Crippen molar-refractivity contribution in [2.24, 2.45) is 5.73 Å². The number of aryl methyl sites for hydroxylation is 1. The van der Waals surface area contributed by atoms with E-state index in [9.17, 15) is 4.79 Å². The lowest BCUT2D eigenvalue weighted by molar-refractivity contribution is -0.118. The highest BCUT2D eigenvalue weighted by molar-refractivity contribution is 5.73. The first-order valence-corrected chi connectivity index (χ1v) is 5.25. The first-order chi connectivity index (χ1) is 7.09. The van der Waals surface area contributed by atoms with Crippen molar-refractivity contribution < 1.29 is 4.79 Å². The molecule has 0 atom stereocenters. The lowest BCUT2D eigenvalue weighted by atomic mass is 10.3. The Morgan fingerprint density at radius 3 is 2.93 bits per heavy atom. The van der Waals surface area contributed by atoms with E-state index in [0.29, 0.717) is 19.0 Å². The Morgan fingerprint density at radius 1 is 1.60 bits per heavy atom. The van der Waals surface area contributed by atoms with Gasteiger partial charge in [-0.15, -0.1) is 0 Å². The summed E-state index contributed by atoms with van der Waals surface area (Å²) in [5, 5.41) is 3.34. The lowest BCUT2D eigenvalue weighted by Crippen LogP contribution is -2.24. The van der Waals surface area contributed by atoms with Crippen molar-refractivity contribution in [1.82, 2.24) is 9.88 Å². The predicted octanol–water partition coefficient (Wildman–Crippen LogP) is 0.861. The summed E-state index contributed by atoms with van der Waals surface area (Å²) < 4.78 is 2.06. The molecule has 1 aromatic rings. The van der Waals surface area contributed by atoms with Crippen molar-refractivity contribution in [1.29, 1.82) is 0 Å². The van der Waals surface area contributed by atoms with Crippen LogP contribution in [0.15, 0.2) is 18.3 Å². The topological polar surface area (TPSA) is 60.1 Å². The molecule has 1 heterocycles. The van der Waals surface area contributed by atoms with Crippen LogP contribution in [0, 0.1) is 0 Å². The second-order valence-electron chi connectivity index (χ2n) is 3.94. The molecule has 0 aliphatic rings. The van der Waals surface area contributed by atoms with E-state index in [1.54, 1.807) is 0 Å². The number of nitrogens with zero attached hydrogens (tertiary/aromatic N) is 1. The van der Waals surface area contributed by atoms with E-state index < -0.39 is 0 Å². The molecule has 15 heavy (non-hydrogen) atoms. The molecule has 4 nitrogen and oxygen atoms in total. The molecule has 84 valence electrons. The number of hydrogen-bond acceptors (Lipinski definition) is 2. The molecular weight excluding hydrogens is 190 g/mol. The number of primary amides is 1. The van der Waals surface area contributed by atoms with Crippen LogP contribution in [0.1, 0.15) is 26.0 Å². The molecule has 0 unspecified atom stereocenters. The maximum atomic E-state index is 10.7. The number of hydrogen-bond donors (Lipinski definition) is 2. The van der Waals surface area contributed by atoms with Crippen LogP contribution in [-0.2, 0) is 17.9 Å². The van der Waals surface area contributed by atoms with Gasteiger partial charge in [-0.2, -0.15) is 0 Å². The van der Waals surface area contributed by atoms with E-state index >= 15 is 0 Å². The summed E-state index contributed by atoms with van der Waals surface area (Å²) in [5.74, 6) is -0.258. The highest BCUT2D eigenvalue weighted by atomic mass is 16.1. The summed E-state index contributed by atoms with van der Waals surface area (Å²) in [6, 6.07) is 4.50. The molecule has 0 saturated heterocycles. The van der Waals surface area contributed by atoms with Gasteiger partial charge < -0.3 is 15.6 Å². The van der Waals surface area contributed by atoms with Gasteiger partial charge in [0.1, 0.15) is 0 Å². The van der Waals surface area contributed by atoms with Gasteiger partial charge in [-0.25, -0.2) is 0 Å². The Kier molecular flexibility index (Phi) is 4.37. The smallest absolute Gasteiger partial charge is 0.219 e. The third-order valence-electron chi connectivity index (χ3n) is 2.21. The molecule has 0 saturated carbocycles. The van der Waals surface area contributed by atoms with E-state index in [-0.39, 0.29) is 5.91 Å². The largest absolute Gasteiger partial charge is 0.370 e. The van der Waals surface area contributed by atoms with Crippen LogP contribution in [-0.4, -0.2) is 16.5 Å². The van der Waals surface area contributed by atoms with Gasteiger partial charge in [0.2, 0.25) is 5.91 Å². The zero-order valence-corrected chi connectivity index (χ0v) is 9.36. The quantitative estimate of drug-likeness (QED) is 0.730. The number of carbonyl (C=O) groups excluding carboxylic acids is 1. The third kappa shape index (κ3) is 4.16. The molecule has 3 N–H and O–H groups in total. The number of rotatable bonds is 6. The minimum absolute atomic E-state index is 0.258. The molecular formula is C11H19N3O. The monoisotopic (exact) mass is 209 g/mol. The van der Waals surface area contributed by atoms with Crippen LogP contribution < -0.4 is 11.1 Å². The SMILES string of the molecule is CC(C)NCc1cccn1CCC(N)=O. The number of amides is 1. The van der Waals surface area contributed by atoms with Crippen LogP contribution in [0.25, 0.3) is 0 Å². The Bertz CT molecular complexity index is 317. The fourth-order valence-corrected chi connectivity index (χ4v) is 1.37. The van der Waals surface area contributed by atoms with Gasteiger partial charge in [-0.05, 0) is 12.1 Å². The highest BCUT2D eigenvalue weighted by Gasteiger charge is 2.02. The van der Waals surface area contributed by atoms with Gasteiger partial charge in [-0.3, -0.25) is 4.79 Å². The molecule has 0 aliphatic heterocycles. The molecule has 0 bridgehead atoms. The first kappa shape index (κ1) is 11.8. The van der Waals surface area contributed by atoms with Gasteiger partial charge in [0.25, 0.3) is 0 Å². The lowest BCUT2D eigenvalue weighted by Gasteiger charge is -2.11. The number of nitrogens with two attached hydrogens (primary N) is 1. The fourth-order valence-electron chi connectivity index (χ4n) is 1.37. The van der Waals surface area contributed by atoms with Crippen molar-refractivity contribution >= 4 is 5.91 Å². The molecule has 1 amide bonds. The Labute approximate surface area is 90.5 Å². The fraction of sp³-hybridized carbons (Fsp3) is 0.545. The molecule has 1 rings (SSSR count). The van der Waals surface area contributed by atoms with Gasteiger partial charge in [0.05, 0.1) is 0 Å². The Morgan fingerprint density at radius 2 is 2.33 bits per heavy atom. The summed E-state index contributed by atoms with van der Waals surface area (Å²) in [4.78, 5) is 10.7. The van der Waals surface area contributed by atoms with Gasteiger partial charge in [0.15, 0.2) is 0 Å². The molecule has 0 aromatic carbocycles. The molecule has 0 radical (unpaired) electrons. The molecule has 0 fully saturated rings. The van der Waals surface area contributed by atoms with Crippen molar-refractivity contribution in [3.63, 3.8) is 0 Å². The van der Waals surface area contributed by atoms with E-state index in [1.165, 1.54) is 5.69 Å².